The number of hydrogen-bond donors (Lipinski definition) is 3. The number of benzene rings is 2. The van der Waals surface area contributed by atoms with Crippen LogP contribution < -0.4 is 21.1 Å². The molecule has 2 fully saturated rings. The molecule has 2 heterocycles. The molecule has 0 bridgehead atoms. The van der Waals surface area contributed by atoms with Gasteiger partial charge in [0.1, 0.15) is 11.9 Å². The molecule has 0 aromatic heterocycles. The fourth-order valence-corrected chi connectivity index (χ4v) is 4.21. The van der Waals surface area contributed by atoms with E-state index < -0.39 is 0 Å². The monoisotopic (exact) mass is 431 g/mol. The van der Waals surface area contributed by atoms with Crippen molar-refractivity contribution >= 4 is 23.2 Å². The summed E-state index contributed by atoms with van der Waals surface area (Å²) in [4.78, 5) is 17.1. The van der Waals surface area contributed by atoms with Crippen LogP contribution in [0.4, 0.5) is 10.1 Å². The molecule has 160 valence electrons. The maximum absolute atomic E-state index is 13.1. The van der Waals surface area contributed by atoms with E-state index in [9.17, 15) is 9.18 Å². The first-order valence-corrected chi connectivity index (χ1v) is 10.7. The number of amides is 1. The van der Waals surface area contributed by atoms with Crippen molar-refractivity contribution in [3.8, 4) is 0 Å². The third-order valence-corrected chi connectivity index (χ3v) is 6.00. The Kier molecular flexibility index (Phi) is 6.84. The van der Waals surface area contributed by atoms with E-state index in [1.165, 1.54) is 12.1 Å². The van der Waals surface area contributed by atoms with Crippen molar-refractivity contribution in [1.82, 2.24) is 21.1 Å². The fourth-order valence-electron chi connectivity index (χ4n) is 4.01. The predicted molar refractivity (Wildman–Crippen MR) is 117 cm³/mol. The highest BCUT2D eigenvalue weighted by Crippen LogP contribution is 2.24. The maximum atomic E-state index is 13.1. The largest absolute Gasteiger partial charge is 0.369 e. The normalized spacial score (nSPS) is 22.3. The van der Waals surface area contributed by atoms with E-state index in [1.807, 2.05) is 36.4 Å². The van der Waals surface area contributed by atoms with Crippen LogP contribution in [0.3, 0.4) is 0 Å². The number of carbonyl (C=O) groups excluding carboxylic acids is 1. The summed E-state index contributed by atoms with van der Waals surface area (Å²) in [6.07, 6.45) is 0.683. The van der Waals surface area contributed by atoms with Gasteiger partial charge in [-0.2, -0.15) is 0 Å². The number of nitrogens with one attached hydrogen (secondary N) is 3. The topological polar surface area (TPSA) is 59.6 Å². The zero-order valence-electron chi connectivity index (χ0n) is 16.8. The van der Waals surface area contributed by atoms with Crippen LogP contribution >= 0.6 is 11.6 Å². The van der Waals surface area contributed by atoms with E-state index >= 15 is 0 Å². The highest BCUT2D eigenvalue weighted by Gasteiger charge is 2.30. The van der Waals surface area contributed by atoms with Gasteiger partial charge in [-0.3, -0.25) is 9.69 Å². The van der Waals surface area contributed by atoms with E-state index in [4.69, 9.17) is 11.6 Å². The van der Waals surface area contributed by atoms with E-state index in [2.05, 4.69) is 26.0 Å². The molecule has 3 N–H and O–H groups in total. The van der Waals surface area contributed by atoms with Crippen molar-refractivity contribution in [1.29, 1.82) is 0 Å². The molecule has 4 rings (SSSR count). The molecule has 2 aromatic carbocycles. The molecule has 0 spiro atoms. The van der Waals surface area contributed by atoms with Gasteiger partial charge in [0.25, 0.3) is 0 Å². The molecule has 2 aliphatic heterocycles. The quantitative estimate of drug-likeness (QED) is 0.655. The van der Waals surface area contributed by atoms with Crippen molar-refractivity contribution in [2.24, 2.45) is 0 Å². The lowest BCUT2D eigenvalue weighted by molar-refractivity contribution is -0.122. The molecule has 2 aromatic rings. The summed E-state index contributed by atoms with van der Waals surface area (Å²) < 4.78 is 13.1. The highest BCUT2D eigenvalue weighted by molar-refractivity contribution is 6.30. The lowest BCUT2D eigenvalue weighted by Crippen LogP contribution is -2.50. The van der Waals surface area contributed by atoms with Crippen molar-refractivity contribution in [3.05, 3.63) is 64.9 Å². The Morgan fingerprint density at radius 3 is 2.60 bits per heavy atom. The van der Waals surface area contributed by atoms with Crippen LogP contribution in [0.5, 0.6) is 0 Å². The molecule has 0 aliphatic carbocycles. The minimum atomic E-state index is -0.260. The molecular formula is C22H27ClFN5O. The van der Waals surface area contributed by atoms with Gasteiger partial charge in [-0.05, 0) is 48.4 Å². The Bertz CT molecular complexity index is 857. The summed E-state index contributed by atoms with van der Waals surface area (Å²) >= 11 is 6.06. The second-order valence-corrected chi connectivity index (χ2v) is 8.22. The van der Waals surface area contributed by atoms with Crippen molar-refractivity contribution < 1.29 is 9.18 Å². The smallest absolute Gasteiger partial charge is 0.238 e. The first-order valence-electron chi connectivity index (χ1n) is 10.4. The first-order chi connectivity index (χ1) is 14.6. The lowest BCUT2D eigenvalue weighted by atomic mass is 10.0. The average Bonchev–Trinajstić information content (AvgIpc) is 3.25. The van der Waals surface area contributed by atoms with Gasteiger partial charge in [0.05, 0.1) is 0 Å². The zero-order chi connectivity index (χ0) is 20.9. The number of piperazine rings is 1. The predicted octanol–water partition coefficient (Wildman–Crippen LogP) is 2.33. The highest BCUT2D eigenvalue weighted by atomic mass is 35.5. The molecule has 2 aliphatic rings. The second-order valence-electron chi connectivity index (χ2n) is 7.78. The minimum absolute atomic E-state index is 0.0111. The third-order valence-electron chi connectivity index (χ3n) is 5.76. The van der Waals surface area contributed by atoms with Crippen LogP contribution in [-0.4, -0.2) is 56.1 Å². The Labute approximate surface area is 181 Å². The van der Waals surface area contributed by atoms with Gasteiger partial charge in [0, 0.05) is 56.0 Å². The Morgan fingerprint density at radius 1 is 1.10 bits per heavy atom. The number of nitrogens with zero attached hydrogens (tertiary/aromatic N) is 2. The molecule has 6 nitrogen and oxygen atoms in total. The SMILES string of the molecule is O=C(NCCN1CCN(c2ccc(F)cc2)CC1)C1CC(c2cccc(Cl)c2)NN1. The molecule has 0 radical (unpaired) electrons. The van der Waals surface area contributed by atoms with Gasteiger partial charge in [-0.25, -0.2) is 15.2 Å². The Balaban J connectivity index is 1.16. The molecule has 2 saturated heterocycles. The Hall–Kier alpha value is -2.19. The molecule has 8 heteroatoms. The molecule has 30 heavy (non-hydrogen) atoms. The molecular weight excluding hydrogens is 405 g/mol. The summed E-state index contributed by atoms with van der Waals surface area (Å²) in [5.41, 5.74) is 8.40. The first kappa shape index (κ1) is 21.1. The van der Waals surface area contributed by atoms with Gasteiger partial charge in [0.15, 0.2) is 0 Å². The number of carbonyl (C=O) groups is 1. The van der Waals surface area contributed by atoms with Crippen molar-refractivity contribution in [2.45, 2.75) is 18.5 Å². The van der Waals surface area contributed by atoms with Crippen LogP contribution in [0, 0.1) is 5.82 Å². The number of anilines is 1. The maximum Gasteiger partial charge on any atom is 0.238 e. The average molecular weight is 432 g/mol. The summed E-state index contributed by atoms with van der Waals surface area (Å²) in [5.74, 6) is -0.198. The number of hydrogen-bond acceptors (Lipinski definition) is 5. The van der Waals surface area contributed by atoms with Crippen LogP contribution in [0.2, 0.25) is 5.02 Å². The minimum Gasteiger partial charge on any atom is -0.369 e. The summed E-state index contributed by atoms with van der Waals surface area (Å²) in [7, 11) is 0. The van der Waals surface area contributed by atoms with Gasteiger partial charge >= 0.3 is 0 Å². The van der Waals surface area contributed by atoms with E-state index in [1.54, 1.807) is 0 Å². The van der Waals surface area contributed by atoms with Crippen molar-refractivity contribution in [2.75, 3.05) is 44.2 Å². The van der Waals surface area contributed by atoms with E-state index in [0.717, 1.165) is 44.0 Å². The summed E-state index contributed by atoms with van der Waals surface area (Å²) in [6.45, 7) is 5.08. The zero-order valence-corrected chi connectivity index (χ0v) is 17.5. The molecule has 1 amide bonds. The van der Waals surface area contributed by atoms with Crippen molar-refractivity contribution in [3.63, 3.8) is 0 Å². The van der Waals surface area contributed by atoms with Gasteiger partial charge in [0.2, 0.25) is 5.91 Å². The van der Waals surface area contributed by atoms with E-state index in [0.29, 0.717) is 18.0 Å². The number of halogens is 2. The number of hydrazine groups is 1. The number of rotatable bonds is 6. The molecule has 0 saturated carbocycles. The molecule has 2 unspecified atom stereocenters. The molecule has 2 atom stereocenters. The van der Waals surface area contributed by atoms with Gasteiger partial charge < -0.3 is 10.2 Å². The lowest BCUT2D eigenvalue weighted by Gasteiger charge is -2.36. The van der Waals surface area contributed by atoms with Gasteiger partial charge in [-0.1, -0.05) is 23.7 Å². The second kappa shape index (κ2) is 9.75. The summed E-state index contributed by atoms with van der Waals surface area (Å²) in [6, 6.07) is 14.2. The Morgan fingerprint density at radius 2 is 1.87 bits per heavy atom. The summed E-state index contributed by atoms with van der Waals surface area (Å²) in [5, 5.41) is 3.74. The van der Waals surface area contributed by atoms with Gasteiger partial charge in [-0.15, -0.1) is 0 Å². The standard InChI is InChI=1S/C22H27ClFN5O/c23-17-3-1-2-16(14-17)20-15-21(27-26-20)22(30)25-8-9-28-10-12-29(13-11-28)19-6-4-18(24)5-7-19/h1-7,14,20-21,26-27H,8-13,15H2,(H,25,30). The fraction of sp³-hybridized carbons (Fsp3) is 0.409. The van der Waals surface area contributed by atoms with Crippen LogP contribution in [0.25, 0.3) is 0 Å². The van der Waals surface area contributed by atoms with Crippen LogP contribution in [0.1, 0.15) is 18.0 Å². The van der Waals surface area contributed by atoms with E-state index in [-0.39, 0.29) is 23.8 Å². The third kappa shape index (κ3) is 5.29. The van der Waals surface area contributed by atoms with Crippen LogP contribution in [0.15, 0.2) is 48.5 Å². The van der Waals surface area contributed by atoms with Crippen LogP contribution in [-0.2, 0) is 4.79 Å².